The van der Waals surface area contributed by atoms with Crippen molar-refractivity contribution in [1.82, 2.24) is 4.90 Å². The molecule has 0 aromatic heterocycles. The van der Waals surface area contributed by atoms with E-state index in [-0.39, 0.29) is 5.91 Å². The number of hydrogen-bond donors (Lipinski definition) is 1. The molecule has 3 heteroatoms. The van der Waals surface area contributed by atoms with Crippen molar-refractivity contribution in [3.63, 3.8) is 0 Å². The van der Waals surface area contributed by atoms with Gasteiger partial charge in [0.15, 0.2) is 0 Å². The molecule has 0 radical (unpaired) electrons. The number of nitrogens with zero attached hydrogens (tertiary/aromatic N) is 1. The topological polar surface area (TPSA) is 32.3 Å². The van der Waals surface area contributed by atoms with Crippen molar-refractivity contribution in [3.05, 3.63) is 65.7 Å². The van der Waals surface area contributed by atoms with Gasteiger partial charge in [-0.25, -0.2) is 0 Å². The maximum atomic E-state index is 12.2. The van der Waals surface area contributed by atoms with E-state index in [1.54, 1.807) is 0 Å². The Balaban J connectivity index is 1.89. The molecule has 0 saturated carbocycles. The van der Waals surface area contributed by atoms with Gasteiger partial charge in [-0.1, -0.05) is 63.2 Å². The van der Waals surface area contributed by atoms with Crippen molar-refractivity contribution in [2.75, 3.05) is 18.4 Å². The van der Waals surface area contributed by atoms with Crippen LogP contribution in [0.3, 0.4) is 0 Å². The summed E-state index contributed by atoms with van der Waals surface area (Å²) in [6.45, 7) is 8.43. The Bertz CT molecular complexity index is 605. The number of carbonyl (C=O) groups is 1. The van der Waals surface area contributed by atoms with E-state index in [1.165, 1.54) is 11.1 Å². The molecular weight excluding hydrogens is 284 g/mol. The molecule has 122 valence electrons. The first kappa shape index (κ1) is 17.2. The third-order valence-electron chi connectivity index (χ3n) is 3.92. The van der Waals surface area contributed by atoms with Crippen LogP contribution in [0.15, 0.2) is 54.6 Å². The largest absolute Gasteiger partial charge is 0.325 e. The zero-order valence-electron chi connectivity index (χ0n) is 14.3. The maximum absolute atomic E-state index is 12.2. The lowest BCUT2D eigenvalue weighted by molar-refractivity contribution is -0.117. The molecule has 2 aromatic rings. The van der Waals surface area contributed by atoms with Crippen molar-refractivity contribution >= 4 is 11.6 Å². The second kappa shape index (κ2) is 8.49. The number of carbonyl (C=O) groups excluding carboxylic acids is 1. The minimum Gasteiger partial charge on any atom is -0.325 e. The van der Waals surface area contributed by atoms with E-state index in [2.05, 4.69) is 55.3 Å². The minimum absolute atomic E-state index is 0.0279. The van der Waals surface area contributed by atoms with Crippen LogP contribution >= 0.6 is 0 Å². The van der Waals surface area contributed by atoms with Crippen LogP contribution in [-0.4, -0.2) is 23.9 Å². The number of anilines is 1. The van der Waals surface area contributed by atoms with Crippen LogP contribution in [0.1, 0.15) is 37.8 Å². The van der Waals surface area contributed by atoms with Crippen LogP contribution in [0.25, 0.3) is 0 Å². The fraction of sp³-hybridized carbons (Fsp3) is 0.350. The smallest absolute Gasteiger partial charge is 0.238 e. The molecule has 2 rings (SSSR count). The summed E-state index contributed by atoms with van der Waals surface area (Å²) in [5.74, 6) is 0.529. The van der Waals surface area contributed by atoms with E-state index in [9.17, 15) is 4.79 Å². The van der Waals surface area contributed by atoms with E-state index in [0.717, 1.165) is 18.8 Å². The summed E-state index contributed by atoms with van der Waals surface area (Å²) in [5, 5.41) is 2.98. The summed E-state index contributed by atoms with van der Waals surface area (Å²) in [6.07, 6.45) is 0. The maximum Gasteiger partial charge on any atom is 0.238 e. The summed E-state index contributed by atoms with van der Waals surface area (Å²) in [6, 6.07) is 18.3. The number of rotatable bonds is 7. The van der Waals surface area contributed by atoms with E-state index in [1.807, 2.05) is 30.3 Å². The molecule has 1 amide bonds. The number of nitrogens with one attached hydrogen (secondary N) is 1. The van der Waals surface area contributed by atoms with Crippen LogP contribution in [0.2, 0.25) is 0 Å². The number of hydrogen-bond acceptors (Lipinski definition) is 2. The third kappa shape index (κ3) is 5.53. The molecule has 0 heterocycles. The number of benzene rings is 2. The Hall–Kier alpha value is -2.13. The summed E-state index contributed by atoms with van der Waals surface area (Å²) in [5.41, 5.74) is 3.36. The van der Waals surface area contributed by atoms with Crippen LogP contribution in [0.4, 0.5) is 5.69 Å². The lowest BCUT2D eigenvalue weighted by Gasteiger charge is -2.20. The zero-order chi connectivity index (χ0) is 16.7. The molecule has 0 aliphatic heterocycles. The Morgan fingerprint density at radius 2 is 1.70 bits per heavy atom. The first-order chi connectivity index (χ1) is 11.1. The van der Waals surface area contributed by atoms with E-state index < -0.39 is 0 Å². The number of likely N-dealkylation sites (N-methyl/N-ethyl adjacent to an activating group) is 1. The Morgan fingerprint density at radius 1 is 1.04 bits per heavy atom. The molecule has 23 heavy (non-hydrogen) atoms. The normalized spacial score (nSPS) is 11.0. The molecule has 0 fully saturated rings. The molecule has 2 aromatic carbocycles. The molecule has 1 N–H and O–H groups in total. The molecule has 0 bridgehead atoms. The van der Waals surface area contributed by atoms with Crippen LogP contribution in [-0.2, 0) is 11.3 Å². The van der Waals surface area contributed by atoms with Gasteiger partial charge < -0.3 is 5.32 Å². The minimum atomic E-state index is 0.0279. The first-order valence-corrected chi connectivity index (χ1v) is 8.24. The highest BCUT2D eigenvalue weighted by molar-refractivity contribution is 5.92. The molecule has 0 spiro atoms. The van der Waals surface area contributed by atoms with Gasteiger partial charge in [0, 0.05) is 12.2 Å². The summed E-state index contributed by atoms with van der Waals surface area (Å²) < 4.78 is 0. The first-order valence-electron chi connectivity index (χ1n) is 8.24. The van der Waals surface area contributed by atoms with Gasteiger partial charge in [-0.2, -0.15) is 0 Å². The van der Waals surface area contributed by atoms with Gasteiger partial charge in [0.1, 0.15) is 0 Å². The predicted molar refractivity (Wildman–Crippen MR) is 96.6 cm³/mol. The highest BCUT2D eigenvalue weighted by atomic mass is 16.2. The second-order valence-corrected chi connectivity index (χ2v) is 6.11. The summed E-state index contributed by atoms with van der Waals surface area (Å²) in [7, 11) is 0. The molecule has 0 atom stereocenters. The standard InChI is InChI=1S/C20H26N2O/c1-4-22(14-17-8-6-5-7-9-17)15-20(23)21-19-12-10-18(11-13-19)16(2)3/h5-13,16H,4,14-15H2,1-3H3,(H,21,23). The fourth-order valence-corrected chi connectivity index (χ4v) is 2.48. The lowest BCUT2D eigenvalue weighted by atomic mass is 10.0. The lowest BCUT2D eigenvalue weighted by Crippen LogP contribution is -2.32. The van der Waals surface area contributed by atoms with Gasteiger partial charge >= 0.3 is 0 Å². The molecular formula is C20H26N2O. The summed E-state index contributed by atoms with van der Waals surface area (Å²) in [4.78, 5) is 14.4. The zero-order valence-corrected chi connectivity index (χ0v) is 14.3. The van der Waals surface area contributed by atoms with Gasteiger partial charge in [-0.3, -0.25) is 9.69 Å². The fourth-order valence-electron chi connectivity index (χ4n) is 2.48. The highest BCUT2D eigenvalue weighted by Crippen LogP contribution is 2.17. The van der Waals surface area contributed by atoms with E-state index in [4.69, 9.17) is 0 Å². The van der Waals surface area contributed by atoms with Gasteiger partial charge in [-0.15, -0.1) is 0 Å². The quantitative estimate of drug-likeness (QED) is 0.828. The Kier molecular flexibility index (Phi) is 6.36. The SMILES string of the molecule is CCN(CC(=O)Nc1ccc(C(C)C)cc1)Cc1ccccc1. The van der Waals surface area contributed by atoms with Crippen LogP contribution < -0.4 is 5.32 Å². The Labute approximate surface area is 139 Å². The molecule has 0 aliphatic carbocycles. The Morgan fingerprint density at radius 3 is 2.26 bits per heavy atom. The molecule has 0 saturated heterocycles. The van der Waals surface area contributed by atoms with Gasteiger partial charge in [0.25, 0.3) is 0 Å². The molecule has 0 unspecified atom stereocenters. The van der Waals surface area contributed by atoms with Gasteiger partial charge in [0.05, 0.1) is 6.54 Å². The van der Waals surface area contributed by atoms with E-state index in [0.29, 0.717) is 12.5 Å². The van der Waals surface area contributed by atoms with Crippen molar-refractivity contribution in [2.24, 2.45) is 0 Å². The average molecular weight is 310 g/mol. The van der Waals surface area contributed by atoms with Crippen molar-refractivity contribution in [3.8, 4) is 0 Å². The third-order valence-corrected chi connectivity index (χ3v) is 3.92. The van der Waals surface area contributed by atoms with Crippen molar-refractivity contribution in [1.29, 1.82) is 0 Å². The van der Waals surface area contributed by atoms with Crippen LogP contribution in [0.5, 0.6) is 0 Å². The highest BCUT2D eigenvalue weighted by Gasteiger charge is 2.10. The monoisotopic (exact) mass is 310 g/mol. The number of amides is 1. The van der Waals surface area contributed by atoms with Crippen LogP contribution in [0, 0.1) is 0 Å². The average Bonchev–Trinajstić information content (AvgIpc) is 2.55. The predicted octanol–water partition coefficient (Wildman–Crippen LogP) is 4.27. The van der Waals surface area contributed by atoms with Crippen molar-refractivity contribution < 1.29 is 4.79 Å². The van der Waals surface area contributed by atoms with Gasteiger partial charge in [-0.05, 0) is 35.7 Å². The summed E-state index contributed by atoms with van der Waals surface area (Å²) >= 11 is 0. The van der Waals surface area contributed by atoms with E-state index >= 15 is 0 Å². The molecule has 0 aliphatic rings. The van der Waals surface area contributed by atoms with Gasteiger partial charge in [0.2, 0.25) is 5.91 Å². The molecule has 3 nitrogen and oxygen atoms in total. The second-order valence-electron chi connectivity index (χ2n) is 6.11. The van der Waals surface area contributed by atoms with Crippen molar-refractivity contribution in [2.45, 2.75) is 33.2 Å².